The van der Waals surface area contributed by atoms with Crippen LogP contribution in [0.5, 0.6) is 0 Å². The normalized spacial score (nSPS) is 24.7. The van der Waals surface area contributed by atoms with E-state index in [1.165, 1.54) is 0 Å². The number of aliphatic carboxylic acids is 3. The number of nitrogens with zero attached hydrogens (tertiary/aromatic N) is 4. The van der Waals surface area contributed by atoms with Crippen LogP contribution in [0.1, 0.15) is 0 Å². The molecule has 11 nitrogen and oxygen atoms in total. The molecule has 2 bridgehead atoms. The Morgan fingerprint density at radius 1 is 0.786 bits per heavy atom. The van der Waals surface area contributed by atoms with Gasteiger partial charge in [0.2, 0.25) is 0 Å². The summed E-state index contributed by atoms with van der Waals surface area (Å²) in [5, 5.41) is 27.5. The largest absolute Gasteiger partial charge is 1.00 e. The molecule has 3 aliphatic heterocycles. The third-order valence-electron chi connectivity index (χ3n) is 5.17. The molecule has 0 aromatic heterocycles. The van der Waals surface area contributed by atoms with Crippen LogP contribution in [0.2, 0.25) is 0 Å². The quantitative estimate of drug-likeness (QED) is 0.358. The zero-order chi connectivity index (χ0) is 20.0. The van der Waals surface area contributed by atoms with E-state index in [-0.39, 0.29) is 49.0 Å². The second-order valence-electron chi connectivity index (χ2n) is 7.22. The number of carboxylic acid groups (broad SMARTS) is 3. The minimum atomic E-state index is -1.00. The van der Waals surface area contributed by atoms with Gasteiger partial charge in [-0.05, 0) is 0 Å². The number of amides is 1. The summed E-state index contributed by atoms with van der Waals surface area (Å²) in [5.74, 6) is -3.12. The van der Waals surface area contributed by atoms with Gasteiger partial charge >= 0.3 is 17.9 Å². The molecule has 0 saturated carbocycles. The van der Waals surface area contributed by atoms with Crippen molar-refractivity contribution in [2.45, 2.75) is 0 Å². The van der Waals surface area contributed by atoms with Crippen LogP contribution in [-0.4, -0.2) is 137 Å². The van der Waals surface area contributed by atoms with E-state index in [1.54, 1.807) is 14.7 Å². The highest BCUT2D eigenvalue weighted by molar-refractivity contribution is 5.78. The Bertz CT molecular complexity index is 604. The molecular formula is C16H27ClN4O7. The number of quaternary nitrogens is 1. The topological polar surface area (TPSA) is 139 Å². The van der Waals surface area contributed by atoms with Crippen LogP contribution in [0.25, 0.3) is 0 Å². The van der Waals surface area contributed by atoms with E-state index < -0.39 is 17.9 Å². The Hall–Kier alpha value is -1.95. The van der Waals surface area contributed by atoms with E-state index in [9.17, 15) is 24.3 Å². The zero-order valence-electron chi connectivity index (χ0n) is 15.6. The van der Waals surface area contributed by atoms with Gasteiger partial charge < -0.3 is 37.1 Å². The highest BCUT2D eigenvalue weighted by Gasteiger charge is 2.40. The molecule has 3 aliphatic rings. The molecule has 3 saturated heterocycles. The van der Waals surface area contributed by atoms with Crippen molar-refractivity contribution in [3.63, 3.8) is 0 Å². The van der Waals surface area contributed by atoms with E-state index in [2.05, 4.69) is 0 Å². The van der Waals surface area contributed by atoms with E-state index >= 15 is 0 Å². The summed E-state index contributed by atoms with van der Waals surface area (Å²) in [6.45, 7) is 2.54. The molecule has 3 N–H and O–H groups in total. The van der Waals surface area contributed by atoms with E-state index in [0.717, 1.165) is 0 Å². The lowest BCUT2D eigenvalue weighted by Gasteiger charge is -2.44. The molecule has 1 unspecified atom stereocenters. The second kappa shape index (κ2) is 10.6. The standard InChI is InChI=1S/C16H26N4O7.ClH/c21-13-11-20(12-16(26)27)7-5-18(10-15(24)25)2-1-17(9-14(22)23)3-4-19(13)6-8-20;/h1-12H2,(H2-,22,23,24,25,26,27);1H. The first-order valence-electron chi connectivity index (χ1n) is 8.92. The summed E-state index contributed by atoms with van der Waals surface area (Å²) < 4.78 is 0.111. The van der Waals surface area contributed by atoms with Gasteiger partial charge in [0.25, 0.3) is 5.91 Å². The Balaban J connectivity index is 0.00000392. The average molecular weight is 423 g/mol. The summed E-state index contributed by atoms with van der Waals surface area (Å²) in [6.07, 6.45) is 0. The lowest BCUT2D eigenvalue weighted by Crippen LogP contribution is -3.00. The fraction of sp³-hybridized carbons (Fsp3) is 0.750. The van der Waals surface area contributed by atoms with Crippen LogP contribution in [-0.2, 0) is 19.2 Å². The maximum atomic E-state index is 12.5. The van der Waals surface area contributed by atoms with Crippen molar-refractivity contribution >= 4 is 23.8 Å². The lowest BCUT2D eigenvalue weighted by molar-refractivity contribution is -0.916. The van der Waals surface area contributed by atoms with Crippen LogP contribution in [0.15, 0.2) is 0 Å². The molecule has 3 rings (SSSR count). The van der Waals surface area contributed by atoms with E-state index in [1.807, 2.05) is 0 Å². The van der Waals surface area contributed by atoms with Crippen LogP contribution in [0.4, 0.5) is 0 Å². The maximum Gasteiger partial charge on any atom is 0.359 e. The van der Waals surface area contributed by atoms with Crippen molar-refractivity contribution in [1.29, 1.82) is 0 Å². The van der Waals surface area contributed by atoms with Gasteiger partial charge in [-0.25, -0.2) is 4.79 Å². The zero-order valence-corrected chi connectivity index (χ0v) is 16.4. The molecular weight excluding hydrogens is 396 g/mol. The number of carbonyl (C=O) groups excluding carboxylic acids is 1. The van der Waals surface area contributed by atoms with Crippen molar-refractivity contribution in [1.82, 2.24) is 14.7 Å². The van der Waals surface area contributed by atoms with Crippen molar-refractivity contribution in [2.75, 3.05) is 78.5 Å². The van der Waals surface area contributed by atoms with Gasteiger partial charge in [-0.2, -0.15) is 0 Å². The van der Waals surface area contributed by atoms with Crippen molar-refractivity contribution in [3.05, 3.63) is 0 Å². The molecule has 3 fully saturated rings. The summed E-state index contributed by atoms with van der Waals surface area (Å²) in [5.41, 5.74) is 0. The molecule has 1 atom stereocenters. The SMILES string of the molecule is O=C(O)CN1CCN(CC(=O)O)CC[N+]2(CC(=O)O)CCN(CC1)C(=O)C2.[Cl-]. The van der Waals surface area contributed by atoms with E-state index in [4.69, 9.17) is 10.2 Å². The second-order valence-corrected chi connectivity index (χ2v) is 7.22. The smallest absolute Gasteiger partial charge is 0.359 e. The van der Waals surface area contributed by atoms with Crippen LogP contribution < -0.4 is 12.4 Å². The van der Waals surface area contributed by atoms with Crippen molar-refractivity contribution < 1.29 is 51.4 Å². The van der Waals surface area contributed by atoms with Crippen molar-refractivity contribution in [2.24, 2.45) is 0 Å². The summed E-state index contributed by atoms with van der Waals surface area (Å²) in [7, 11) is 0. The Morgan fingerprint density at radius 2 is 1.29 bits per heavy atom. The molecule has 0 aromatic rings. The average Bonchev–Trinajstić information content (AvgIpc) is 2.53. The van der Waals surface area contributed by atoms with Gasteiger partial charge in [0.1, 0.15) is 0 Å². The predicted molar refractivity (Wildman–Crippen MR) is 92.1 cm³/mol. The number of fused-ring (bicyclic) bond motifs is 9. The van der Waals surface area contributed by atoms with Gasteiger partial charge in [-0.3, -0.25) is 24.2 Å². The first-order chi connectivity index (χ1) is 12.7. The number of piperazine rings is 1. The molecule has 0 aliphatic carbocycles. The van der Waals surface area contributed by atoms with Crippen LogP contribution in [0, 0.1) is 0 Å². The highest BCUT2D eigenvalue weighted by atomic mass is 35.5. The Morgan fingerprint density at radius 3 is 1.79 bits per heavy atom. The monoisotopic (exact) mass is 422 g/mol. The van der Waals surface area contributed by atoms with Crippen LogP contribution >= 0.6 is 0 Å². The minimum absolute atomic E-state index is 0. The van der Waals surface area contributed by atoms with Gasteiger partial charge in [0, 0.05) is 32.7 Å². The number of carboxylic acids is 3. The summed E-state index contributed by atoms with van der Waals surface area (Å²) in [6, 6.07) is 0. The van der Waals surface area contributed by atoms with Gasteiger partial charge in [0.15, 0.2) is 13.1 Å². The molecule has 160 valence electrons. The Kier molecular flexibility index (Phi) is 9.08. The maximum absolute atomic E-state index is 12.5. The number of halogens is 1. The first kappa shape index (κ1) is 24.1. The fourth-order valence-electron chi connectivity index (χ4n) is 3.67. The minimum Gasteiger partial charge on any atom is -1.00 e. The number of rotatable bonds is 6. The van der Waals surface area contributed by atoms with Gasteiger partial charge in [-0.15, -0.1) is 0 Å². The first-order valence-corrected chi connectivity index (χ1v) is 8.92. The van der Waals surface area contributed by atoms with Crippen LogP contribution in [0.3, 0.4) is 0 Å². The summed E-state index contributed by atoms with van der Waals surface area (Å²) in [4.78, 5) is 51.1. The third-order valence-corrected chi connectivity index (χ3v) is 5.17. The number of carbonyl (C=O) groups is 4. The van der Waals surface area contributed by atoms with E-state index in [0.29, 0.717) is 52.4 Å². The molecule has 0 aromatic carbocycles. The summed E-state index contributed by atoms with van der Waals surface area (Å²) >= 11 is 0. The highest BCUT2D eigenvalue weighted by Crippen LogP contribution is 2.16. The Labute approximate surface area is 169 Å². The number of hydrogen-bond acceptors (Lipinski definition) is 6. The van der Waals surface area contributed by atoms with Gasteiger partial charge in [0.05, 0.1) is 32.7 Å². The molecule has 12 heteroatoms. The molecule has 0 radical (unpaired) electrons. The molecule has 0 spiro atoms. The fourth-order valence-corrected chi connectivity index (χ4v) is 3.67. The van der Waals surface area contributed by atoms with Gasteiger partial charge in [-0.1, -0.05) is 0 Å². The third kappa shape index (κ3) is 7.23. The molecule has 1 amide bonds. The molecule has 3 heterocycles. The molecule has 28 heavy (non-hydrogen) atoms. The lowest BCUT2D eigenvalue weighted by atomic mass is 10.2. The van der Waals surface area contributed by atoms with Crippen molar-refractivity contribution in [3.8, 4) is 0 Å². The number of hydrogen-bond donors (Lipinski definition) is 3. The predicted octanol–water partition coefficient (Wildman–Crippen LogP) is -5.48.